The molecule has 0 bridgehead atoms. The van der Waals surface area contributed by atoms with Gasteiger partial charge in [0.05, 0.1) is 16.8 Å². The minimum Gasteiger partial charge on any atom is -0.391 e. The molecule has 1 fully saturated rings. The highest BCUT2D eigenvalue weighted by Crippen LogP contribution is 2.24. The van der Waals surface area contributed by atoms with E-state index in [9.17, 15) is 9.90 Å². The largest absolute Gasteiger partial charge is 0.391 e. The summed E-state index contributed by atoms with van der Waals surface area (Å²) < 4.78 is 5.21. The number of aromatic nitrogens is 2. The molecular weight excluding hydrogens is 314 g/mol. The second kappa shape index (κ2) is 6.80. The van der Waals surface area contributed by atoms with Crippen LogP contribution in [0.3, 0.4) is 0 Å². The van der Waals surface area contributed by atoms with E-state index in [1.165, 1.54) is 11.3 Å². The van der Waals surface area contributed by atoms with Crippen molar-refractivity contribution in [2.75, 3.05) is 13.1 Å². The second-order valence-electron chi connectivity index (χ2n) is 6.05. The number of carbonyl (C=O) groups is 1. The van der Waals surface area contributed by atoms with Crippen molar-refractivity contribution < 1.29 is 14.4 Å². The number of aliphatic hydroxyl groups excluding tert-OH is 1. The van der Waals surface area contributed by atoms with Crippen LogP contribution in [0.15, 0.2) is 16.0 Å². The zero-order valence-corrected chi connectivity index (χ0v) is 14.2. The normalized spacial score (nSPS) is 21.1. The summed E-state index contributed by atoms with van der Waals surface area (Å²) in [6.45, 7) is 4.82. The minimum absolute atomic E-state index is 0.0277. The molecule has 2 aromatic rings. The van der Waals surface area contributed by atoms with Gasteiger partial charge in [-0.1, -0.05) is 12.1 Å². The van der Waals surface area contributed by atoms with Gasteiger partial charge in [-0.05, 0) is 19.8 Å². The number of likely N-dealkylation sites (tertiary alicyclic amines) is 1. The fourth-order valence-electron chi connectivity index (χ4n) is 2.89. The Labute approximate surface area is 139 Å². The number of nitrogens with zero attached hydrogens (tertiary/aromatic N) is 3. The summed E-state index contributed by atoms with van der Waals surface area (Å²) in [7, 11) is 0. The monoisotopic (exact) mass is 335 g/mol. The average molecular weight is 335 g/mol. The highest BCUT2D eigenvalue weighted by molar-refractivity contribution is 7.09. The molecule has 0 aromatic carbocycles. The molecule has 2 atom stereocenters. The number of aryl methyl sites for hydroxylation is 2. The summed E-state index contributed by atoms with van der Waals surface area (Å²) >= 11 is 1.52. The first-order chi connectivity index (χ1) is 11.1. The van der Waals surface area contributed by atoms with Crippen molar-refractivity contribution in [2.45, 2.75) is 39.2 Å². The molecule has 0 spiro atoms. The van der Waals surface area contributed by atoms with Crippen molar-refractivity contribution >= 4 is 17.2 Å². The number of thiazole rings is 1. The van der Waals surface area contributed by atoms with E-state index in [0.29, 0.717) is 25.2 Å². The van der Waals surface area contributed by atoms with Crippen LogP contribution in [-0.4, -0.2) is 45.2 Å². The van der Waals surface area contributed by atoms with Gasteiger partial charge >= 0.3 is 0 Å². The summed E-state index contributed by atoms with van der Waals surface area (Å²) in [6, 6.07) is 1.87. The van der Waals surface area contributed by atoms with Gasteiger partial charge in [0.2, 0.25) is 0 Å². The molecule has 3 rings (SSSR count). The van der Waals surface area contributed by atoms with Crippen molar-refractivity contribution in [3.05, 3.63) is 33.6 Å². The molecule has 6 nitrogen and oxygen atoms in total. The van der Waals surface area contributed by atoms with Gasteiger partial charge in [0.1, 0.15) is 11.5 Å². The lowest BCUT2D eigenvalue weighted by Gasteiger charge is -2.14. The van der Waals surface area contributed by atoms with E-state index < -0.39 is 6.10 Å². The van der Waals surface area contributed by atoms with E-state index >= 15 is 0 Å². The summed E-state index contributed by atoms with van der Waals surface area (Å²) in [6.07, 6.45) is 1.96. The Balaban J connectivity index is 1.63. The van der Waals surface area contributed by atoms with Gasteiger partial charge in [0, 0.05) is 36.9 Å². The van der Waals surface area contributed by atoms with Gasteiger partial charge in [0.25, 0.3) is 5.91 Å². The summed E-state index contributed by atoms with van der Waals surface area (Å²) in [5.74, 6) is 0.624. The zero-order valence-electron chi connectivity index (χ0n) is 13.4. The number of hydrogen-bond acceptors (Lipinski definition) is 6. The molecule has 1 aliphatic heterocycles. The Morgan fingerprint density at radius 3 is 3.04 bits per heavy atom. The van der Waals surface area contributed by atoms with E-state index in [1.807, 2.05) is 18.4 Å². The van der Waals surface area contributed by atoms with Crippen LogP contribution >= 0.6 is 11.3 Å². The van der Waals surface area contributed by atoms with Crippen LogP contribution in [0.4, 0.5) is 0 Å². The van der Waals surface area contributed by atoms with E-state index in [2.05, 4.69) is 17.1 Å². The predicted molar refractivity (Wildman–Crippen MR) is 86.5 cm³/mol. The Bertz CT molecular complexity index is 682. The SMILES string of the molecule is CCCc1nc(C(=O)N2CC(O)C(Cc3cc(C)no3)C2)cs1. The van der Waals surface area contributed by atoms with Gasteiger partial charge < -0.3 is 14.5 Å². The van der Waals surface area contributed by atoms with Gasteiger partial charge in [-0.3, -0.25) is 4.79 Å². The lowest BCUT2D eigenvalue weighted by molar-refractivity contribution is 0.0759. The van der Waals surface area contributed by atoms with Gasteiger partial charge in [-0.15, -0.1) is 11.3 Å². The first-order valence-electron chi connectivity index (χ1n) is 7.90. The molecule has 1 N–H and O–H groups in total. The molecule has 2 aromatic heterocycles. The smallest absolute Gasteiger partial charge is 0.273 e. The lowest BCUT2D eigenvalue weighted by atomic mass is 10.0. The molecule has 0 saturated carbocycles. The molecule has 0 radical (unpaired) electrons. The fourth-order valence-corrected chi connectivity index (χ4v) is 3.77. The third-order valence-corrected chi connectivity index (χ3v) is 4.98. The highest BCUT2D eigenvalue weighted by atomic mass is 32.1. The van der Waals surface area contributed by atoms with Crippen molar-refractivity contribution in [3.8, 4) is 0 Å². The quantitative estimate of drug-likeness (QED) is 0.905. The van der Waals surface area contributed by atoms with E-state index in [1.54, 1.807) is 4.90 Å². The van der Waals surface area contributed by atoms with Gasteiger partial charge in [-0.2, -0.15) is 0 Å². The average Bonchev–Trinajstić information content (AvgIpc) is 3.22. The highest BCUT2D eigenvalue weighted by Gasteiger charge is 2.35. The third-order valence-electron chi connectivity index (χ3n) is 4.07. The summed E-state index contributed by atoms with van der Waals surface area (Å²) in [5.41, 5.74) is 1.31. The molecular formula is C16H21N3O3S. The van der Waals surface area contributed by atoms with Crippen LogP contribution in [0.5, 0.6) is 0 Å². The number of rotatable bonds is 5. The Morgan fingerprint density at radius 2 is 2.35 bits per heavy atom. The number of amides is 1. The molecule has 2 unspecified atom stereocenters. The molecule has 1 aliphatic rings. The maximum atomic E-state index is 12.5. The molecule has 7 heteroatoms. The number of hydrogen-bond donors (Lipinski definition) is 1. The molecule has 1 saturated heterocycles. The van der Waals surface area contributed by atoms with E-state index in [0.717, 1.165) is 29.3 Å². The van der Waals surface area contributed by atoms with E-state index in [-0.39, 0.29) is 11.8 Å². The van der Waals surface area contributed by atoms with Crippen LogP contribution in [0.2, 0.25) is 0 Å². The van der Waals surface area contributed by atoms with Crippen molar-refractivity contribution in [1.29, 1.82) is 0 Å². The Hall–Kier alpha value is -1.73. The maximum Gasteiger partial charge on any atom is 0.273 e. The van der Waals surface area contributed by atoms with Gasteiger partial charge in [0.15, 0.2) is 0 Å². The molecule has 124 valence electrons. The van der Waals surface area contributed by atoms with Gasteiger partial charge in [-0.25, -0.2) is 4.98 Å². The third kappa shape index (κ3) is 3.61. The van der Waals surface area contributed by atoms with Crippen LogP contribution in [0.1, 0.15) is 40.3 Å². The van der Waals surface area contributed by atoms with Crippen LogP contribution in [0, 0.1) is 12.8 Å². The van der Waals surface area contributed by atoms with Crippen molar-refractivity contribution in [1.82, 2.24) is 15.0 Å². The molecule has 3 heterocycles. The first-order valence-corrected chi connectivity index (χ1v) is 8.78. The lowest BCUT2D eigenvalue weighted by Crippen LogP contribution is -2.29. The van der Waals surface area contributed by atoms with Crippen molar-refractivity contribution in [2.24, 2.45) is 5.92 Å². The topological polar surface area (TPSA) is 79.5 Å². The Kier molecular flexibility index (Phi) is 4.77. The molecule has 23 heavy (non-hydrogen) atoms. The Morgan fingerprint density at radius 1 is 1.52 bits per heavy atom. The summed E-state index contributed by atoms with van der Waals surface area (Å²) in [5, 5.41) is 16.9. The predicted octanol–water partition coefficient (Wildman–Crippen LogP) is 2.07. The summed E-state index contributed by atoms with van der Waals surface area (Å²) in [4.78, 5) is 18.6. The molecule has 1 amide bonds. The molecule has 0 aliphatic carbocycles. The second-order valence-corrected chi connectivity index (χ2v) is 7.00. The van der Waals surface area contributed by atoms with Crippen LogP contribution in [0.25, 0.3) is 0 Å². The van der Waals surface area contributed by atoms with Crippen molar-refractivity contribution in [3.63, 3.8) is 0 Å². The zero-order chi connectivity index (χ0) is 16.4. The van der Waals surface area contributed by atoms with Crippen LogP contribution in [-0.2, 0) is 12.8 Å². The van der Waals surface area contributed by atoms with Crippen LogP contribution < -0.4 is 0 Å². The first kappa shape index (κ1) is 16.1. The standard InChI is InChI=1S/C16H21N3O3S/c1-3-4-15-17-13(9-23-15)16(21)19-7-11(14(20)8-19)6-12-5-10(2)18-22-12/h5,9,11,14,20H,3-4,6-8H2,1-2H3. The number of aliphatic hydroxyl groups is 1. The minimum atomic E-state index is -0.543. The number of carbonyl (C=O) groups excluding carboxylic acids is 1. The maximum absolute atomic E-state index is 12.5. The number of β-amino-alcohol motifs (C(OH)–C–C–N with tert-alkyl or cyclic N) is 1. The fraction of sp³-hybridized carbons (Fsp3) is 0.562. The van der Waals surface area contributed by atoms with E-state index in [4.69, 9.17) is 4.52 Å².